The minimum absolute atomic E-state index is 0.00280. The Morgan fingerprint density at radius 2 is 1.81 bits per heavy atom. The van der Waals surface area contributed by atoms with Gasteiger partial charge in [0.15, 0.2) is 0 Å². The van der Waals surface area contributed by atoms with Crippen molar-refractivity contribution in [1.82, 2.24) is 9.55 Å². The lowest BCUT2D eigenvalue weighted by molar-refractivity contribution is -0.0885. The Bertz CT molecular complexity index is 1190. The van der Waals surface area contributed by atoms with Gasteiger partial charge in [0.25, 0.3) is 11.3 Å². The predicted octanol–water partition coefficient (Wildman–Crippen LogP) is 3.43. The van der Waals surface area contributed by atoms with Crippen LogP contribution in [0.1, 0.15) is 10.4 Å². The number of fused-ring (bicyclic) bond motifs is 1. The number of carbonyl (C=O) groups is 2. The SMILES string of the molecule is COCCn1cnc2ccc(NC(=O)Nc3cccc(C(=O)C(F)(F)F)c3)cc2c1=O. The van der Waals surface area contributed by atoms with Gasteiger partial charge in [-0.1, -0.05) is 12.1 Å². The number of hydrogen-bond donors (Lipinski definition) is 2. The van der Waals surface area contributed by atoms with E-state index < -0.39 is 23.6 Å². The lowest BCUT2D eigenvalue weighted by Crippen LogP contribution is -2.24. The van der Waals surface area contributed by atoms with Gasteiger partial charge in [-0.25, -0.2) is 9.78 Å². The normalized spacial score (nSPS) is 11.4. The number of benzene rings is 2. The Morgan fingerprint density at radius 1 is 1.10 bits per heavy atom. The van der Waals surface area contributed by atoms with Crippen molar-refractivity contribution >= 4 is 34.1 Å². The molecule has 0 atom stereocenters. The van der Waals surface area contributed by atoms with Crippen molar-refractivity contribution < 1.29 is 27.5 Å². The molecule has 0 bridgehead atoms. The zero-order valence-corrected chi connectivity index (χ0v) is 16.2. The van der Waals surface area contributed by atoms with E-state index in [9.17, 15) is 27.6 Å². The van der Waals surface area contributed by atoms with Crippen LogP contribution in [0.2, 0.25) is 0 Å². The number of nitrogens with one attached hydrogen (secondary N) is 2. The van der Waals surface area contributed by atoms with Gasteiger partial charge in [0.05, 0.1) is 30.4 Å². The molecule has 0 aliphatic heterocycles. The molecule has 2 N–H and O–H groups in total. The first-order valence-electron chi connectivity index (χ1n) is 8.97. The van der Waals surface area contributed by atoms with Crippen molar-refractivity contribution in [2.45, 2.75) is 12.7 Å². The molecule has 3 rings (SSSR count). The number of ether oxygens (including phenoxy) is 1. The molecule has 0 fully saturated rings. The van der Waals surface area contributed by atoms with E-state index in [1.54, 1.807) is 6.07 Å². The van der Waals surface area contributed by atoms with Crippen LogP contribution in [0.15, 0.2) is 53.6 Å². The van der Waals surface area contributed by atoms with E-state index in [1.807, 2.05) is 0 Å². The van der Waals surface area contributed by atoms with E-state index in [-0.39, 0.29) is 22.3 Å². The van der Waals surface area contributed by atoms with E-state index in [2.05, 4.69) is 15.6 Å². The third-order valence-corrected chi connectivity index (χ3v) is 4.26. The number of ketones is 1. The lowest BCUT2D eigenvalue weighted by atomic mass is 10.1. The fraction of sp³-hybridized carbons (Fsp3) is 0.200. The summed E-state index contributed by atoms with van der Waals surface area (Å²) in [6.45, 7) is 0.632. The van der Waals surface area contributed by atoms with Crippen LogP contribution in [0, 0.1) is 0 Å². The largest absolute Gasteiger partial charge is 0.454 e. The van der Waals surface area contributed by atoms with Crippen LogP contribution < -0.4 is 16.2 Å². The monoisotopic (exact) mass is 434 g/mol. The van der Waals surface area contributed by atoms with Gasteiger partial charge < -0.3 is 15.4 Å². The van der Waals surface area contributed by atoms with Crippen LogP contribution in [0.25, 0.3) is 10.9 Å². The summed E-state index contributed by atoms with van der Waals surface area (Å²) in [7, 11) is 1.51. The Hall–Kier alpha value is -3.73. The Morgan fingerprint density at radius 3 is 2.48 bits per heavy atom. The second kappa shape index (κ2) is 8.96. The molecule has 11 heteroatoms. The highest BCUT2D eigenvalue weighted by atomic mass is 19.4. The fourth-order valence-corrected chi connectivity index (χ4v) is 2.78. The maximum absolute atomic E-state index is 12.6. The highest BCUT2D eigenvalue weighted by molar-refractivity contribution is 6.04. The smallest absolute Gasteiger partial charge is 0.383 e. The first kappa shape index (κ1) is 22.0. The third kappa shape index (κ3) is 5.25. The third-order valence-electron chi connectivity index (χ3n) is 4.26. The van der Waals surface area contributed by atoms with Gasteiger partial charge >= 0.3 is 12.2 Å². The molecule has 0 unspecified atom stereocenters. The summed E-state index contributed by atoms with van der Waals surface area (Å²) in [5, 5.41) is 5.12. The first-order valence-corrected chi connectivity index (χ1v) is 8.97. The summed E-state index contributed by atoms with van der Waals surface area (Å²) >= 11 is 0. The van der Waals surface area contributed by atoms with Crippen molar-refractivity contribution in [2.75, 3.05) is 24.4 Å². The van der Waals surface area contributed by atoms with Crippen LogP contribution in [0.4, 0.5) is 29.3 Å². The number of carbonyl (C=O) groups excluding carboxylic acids is 2. The zero-order chi connectivity index (χ0) is 22.6. The van der Waals surface area contributed by atoms with Crippen molar-refractivity contribution in [3.8, 4) is 0 Å². The molecule has 3 aromatic rings. The fourth-order valence-electron chi connectivity index (χ4n) is 2.78. The van der Waals surface area contributed by atoms with Crippen molar-refractivity contribution in [1.29, 1.82) is 0 Å². The number of hydrogen-bond acceptors (Lipinski definition) is 5. The minimum atomic E-state index is -5.02. The second-order valence-corrected chi connectivity index (χ2v) is 6.45. The molecular weight excluding hydrogens is 417 g/mol. The van der Waals surface area contributed by atoms with E-state index in [0.717, 1.165) is 12.1 Å². The molecule has 162 valence electrons. The molecule has 2 amide bonds. The van der Waals surface area contributed by atoms with Crippen LogP contribution in [0.5, 0.6) is 0 Å². The van der Waals surface area contributed by atoms with Crippen LogP contribution in [-0.4, -0.2) is 41.3 Å². The standard InChI is InChI=1S/C20H17F3N4O4/c1-31-8-7-27-11-24-16-6-5-14(10-15(16)18(27)29)26-19(30)25-13-4-2-3-12(9-13)17(28)20(21,22)23/h2-6,9-11H,7-8H2,1H3,(H2,25,26,30). The van der Waals surface area contributed by atoms with Gasteiger partial charge in [0, 0.05) is 24.0 Å². The summed E-state index contributed by atoms with van der Waals surface area (Å²) in [5.41, 5.74) is -0.209. The number of alkyl halides is 3. The number of Topliss-reactive ketones (excluding diaryl/α,β-unsaturated/α-hetero) is 1. The lowest BCUT2D eigenvalue weighted by Gasteiger charge is -2.11. The number of aromatic nitrogens is 2. The molecule has 2 aromatic carbocycles. The number of anilines is 2. The molecular formula is C20H17F3N4O4. The van der Waals surface area contributed by atoms with E-state index >= 15 is 0 Å². The van der Waals surface area contributed by atoms with Crippen molar-refractivity contribution in [3.05, 3.63) is 64.7 Å². The molecule has 0 aliphatic carbocycles. The summed E-state index contributed by atoms with van der Waals surface area (Å²) in [6.07, 6.45) is -3.62. The van der Waals surface area contributed by atoms with E-state index in [1.165, 1.54) is 42.3 Å². The number of rotatable bonds is 6. The molecule has 0 spiro atoms. The van der Waals surface area contributed by atoms with E-state index in [4.69, 9.17) is 4.74 Å². The molecule has 0 aliphatic rings. The number of methoxy groups -OCH3 is 1. The summed E-state index contributed by atoms with van der Waals surface area (Å²) in [6, 6.07) is 8.24. The maximum atomic E-state index is 12.6. The van der Waals surface area contributed by atoms with Crippen LogP contribution >= 0.6 is 0 Å². The van der Waals surface area contributed by atoms with Gasteiger partial charge in [-0.2, -0.15) is 13.2 Å². The van der Waals surface area contributed by atoms with Crippen molar-refractivity contribution in [3.63, 3.8) is 0 Å². The average Bonchev–Trinajstić information content (AvgIpc) is 2.72. The molecule has 8 nitrogen and oxygen atoms in total. The van der Waals surface area contributed by atoms with Gasteiger partial charge in [0.1, 0.15) is 0 Å². The summed E-state index contributed by atoms with van der Waals surface area (Å²) in [5.74, 6) is -2.01. The van der Waals surface area contributed by atoms with Gasteiger partial charge in [-0.15, -0.1) is 0 Å². The summed E-state index contributed by atoms with van der Waals surface area (Å²) in [4.78, 5) is 40.3. The second-order valence-electron chi connectivity index (χ2n) is 6.45. The first-order chi connectivity index (χ1) is 14.7. The Kier molecular flexibility index (Phi) is 6.35. The van der Waals surface area contributed by atoms with Gasteiger partial charge in [-0.05, 0) is 30.3 Å². The molecule has 31 heavy (non-hydrogen) atoms. The summed E-state index contributed by atoms with van der Waals surface area (Å²) < 4.78 is 44.1. The highest BCUT2D eigenvalue weighted by Crippen LogP contribution is 2.23. The van der Waals surface area contributed by atoms with Gasteiger partial charge in [-0.3, -0.25) is 14.2 Å². The number of halogens is 3. The number of urea groups is 1. The zero-order valence-electron chi connectivity index (χ0n) is 16.2. The number of nitrogens with zero attached hydrogens (tertiary/aromatic N) is 2. The molecule has 0 radical (unpaired) electrons. The molecule has 0 saturated carbocycles. The predicted molar refractivity (Wildman–Crippen MR) is 107 cm³/mol. The Balaban J connectivity index is 1.77. The van der Waals surface area contributed by atoms with Crippen molar-refractivity contribution in [2.24, 2.45) is 0 Å². The number of amides is 2. The van der Waals surface area contributed by atoms with Crippen LogP contribution in [-0.2, 0) is 11.3 Å². The topological polar surface area (TPSA) is 102 Å². The highest BCUT2D eigenvalue weighted by Gasteiger charge is 2.39. The maximum Gasteiger partial charge on any atom is 0.454 e. The molecule has 0 saturated heterocycles. The average molecular weight is 434 g/mol. The van der Waals surface area contributed by atoms with E-state index in [0.29, 0.717) is 18.7 Å². The Labute approximate surface area is 173 Å². The quantitative estimate of drug-likeness (QED) is 0.579. The molecule has 1 heterocycles. The minimum Gasteiger partial charge on any atom is -0.383 e. The van der Waals surface area contributed by atoms with Gasteiger partial charge in [0.2, 0.25) is 0 Å². The molecule has 1 aromatic heterocycles. The van der Waals surface area contributed by atoms with Crippen LogP contribution in [0.3, 0.4) is 0 Å².